The molecule has 0 saturated carbocycles. The Morgan fingerprint density at radius 1 is 0.258 bits per heavy atom. The van der Waals surface area contributed by atoms with E-state index in [9.17, 15) is 0 Å². The van der Waals surface area contributed by atoms with E-state index in [1.54, 1.807) is 0 Å². The van der Waals surface area contributed by atoms with E-state index in [0.717, 1.165) is 45.0 Å². The van der Waals surface area contributed by atoms with Gasteiger partial charge in [0.15, 0.2) is 0 Å². The molecule has 0 spiro atoms. The van der Waals surface area contributed by atoms with Gasteiger partial charge in [-0.2, -0.15) is 0 Å². The minimum atomic E-state index is 1.09. The second-order valence-electron chi connectivity index (χ2n) is 16.9. The first-order valence-corrected chi connectivity index (χ1v) is 22.7. The van der Waals surface area contributed by atoms with Gasteiger partial charge in [-0.1, -0.05) is 194 Å². The van der Waals surface area contributed by atoms with Gasteiger partial charge in [-0.15, -0.1) is 0 Å². The summed E-state index contributed by atoms with van der Waals surface area (Å²) in [5.74, 6) is 0. The van der Waals surface area contributed by atoms with Gasteiger partial charge in [0.1, 0.15) is 0 Å². The van der Waals surface area contributed by atoms with Crippen LogP contribution in [0.25, 0.3) is 93.9 Å². The van der Waals surface area contributed by atoms with Crippen LogP contribution in [0.2, 0.25) is 0 Å². The summed E-state index contributed by atoms with van der Waals surface area (Å²) in [6.07, 6.45) is 0. The van der Waals surface area contributed by atoms with E-state index in [2.05, 4.69) is 276 Å². The SMILES string of the molecule is c1ccc(-c2cccc(-c3ccccc3N(c3ccccc3)c3ccccc3-c3ccc4c(c3)c3ccccc3n4-c3cc(-c4ccccc4)cc(-c4ccc5ccccc5c4)c3)c2)cc1. The van der Waals surface area contributed by atoms with Gasteiger partial charge in [0.25, 0.3) is 0 Å². The van der Waals surface area contributed by atoms with Gasteiger partial charge in [0, 0.05) is 33.3 Å². The van der Waals surface area contributed by atoms with Gasteiger partial charge < -0.3 is 9.47 Å². The number of nitrogens with zero attached hydrogens (tertiary/aromatic N) is 2. The zero-order chi connectivity index (χ0) is 43.8. The average molecular weight is 841 g/mol. The maximum absolute atomic E-state index is 2.45. The maximum atomic E-state index is 2.45. The monoisotopic (exact) mass is 840 g/mol. The summed E-state index contributed by atoms with van der Waals surface area (Å²) in [5, 5.41) is 4.90. The van der Waals surface area contributed by atoms with Crippen molar-refractivity contribution in [1.82, 2.24) is 4.57 Å². The Labute approximate surface area is 385 Å². The third-order valence-corrected chi connectivity index (χ3v) is 12.9. The fraction of sp³-hybridized carbons (Fsp3) is 0. The Balaban J connectivity index is 1.02. The van der Waals surface area contributed by atoms with E-state index in [1.807, 2.05) is 0 Å². The Morgan fingerprint density at radius 2 is 0.742 bits per heavy atom. The summed E-state index contributed by atoms with van der Waals surface area (Å²) in [5.41, 5.74) is 18.5. The Bertz CT molecular complexity index is 3700. The van der Waals surface area contributed by atoms with Crippen LogP contribution in [0.4, 0.5) is 17.1 Å². The molecule has 0 N–H and O–H groups in total. The highest BCUT2D eigenvalue weighted by molar-refractivity contribution is 6.11. The van der Waals surface area contributed by atoms with Gasteiger partial charge in [-0.25, -0.2) is 0 Å². The van der Waals surface area contributed by atoms with Crippen molar-refractivity contribution in [2.24, 2.45) is 0 Å². The number of anilines is 3. The van der Waals surface area contributed by atoms with Crippen LogP contribution in [-0.4, -0.2) is 4.57 Å². The van der Waals surface area contributed by atoms with Crippen molar-refractivity contribution < 1.29 is 0 Å². The molecule has 0 aliphatic carbocycles. The smallest absolute Gasteiger partial charge is 0.0541 e. The fourth-order valence-corrected chi connectivity index (χ4v) is 9.80. The molecular weight excluding hydrogens is 797 g/mol. The van der Waals surface area contributed by atoms with Crippen molar-refractivity contribution in [3.8, 4) is 61.3 Å². The lowest BCUT2D eigenvalue weighted by atomic mass is 9.96. The normalized spacial score (nSPS) is 11.3. The van der Waals surface area contributed by atoms with E-state index in [4.69, 9.17) is 0 Å². The Kier molecular flexibility index (Phi) is 9.89. The second kappa shape index (κ2) is 16.8. The number of fused-ring (bicyclic) bond motifs is 4. The molecule has 1 heterocycles. The zero-order valence-electron chi connectivity index (χ0n) is 36.3. The van der Waals surface area contributed by atoms with Gasteiger partial charge >= 0.3 is 0 Å². The zero-order valence-corrected chi connectivity index (χ0v) is 36.3. The fourth-order valence-electron chi connectivity index (χ4n) is 9.80. The first-order chi connectivity index (χ1) is 32.7. The number of benzene rings is 11. The minimum absolute atomic E-state index is 1.09. The summed E-state index contributed by atoms with van der Waals surface area (Å²) >= 11 is 0. The van der Waals surface area contributed by atoms with E-state index in [1.165, 1.54) is 66.0 Å². The molecule has 2 nitrogen and oxygen atoms in total. The number of rotatable bonds is 9. The standard InChI is InChI=1S/C64H44N2/c1-4-19-45(20-5-1)49-25-18-26-51(40-49)57-29-12-15-32-61(57)65(55-27-8-3-9-28-55)62-33-16-13-30-58(62)52-37-38-64-60(44-52)59-31-14-17-34-63(59)66(64)56-42-53(46-21-6-2-7-22-46)41-54(43-56)50-36-35-47-23-10-11-24-48(47)39-50/h1-44H. The minimum Gasteiger partial charge on any atom is -0.309 e. The van der Waals surface area contributed by atoms with E-state index < -0.39 is 0 Å². The number of aromatic nitrogens is 1. The summed E-state index contributed by atoms with van der Waals surface area (Å²) in [6.45, 7) is 0. The molecule has 310 valence electrons. The molecule has 2 heteroatoms. The van der Waals surface area contributed by atoms with E-state index >= 15 is 0 Å². The lowest BCUT2D eigenvalue weighted by Crippen LogP contribution is -2.12. The molecule has 0 saturated heterocycles. The van der Waals surface area contributed by atoms with Crippen LogP contribution in [0.3, 0.4) is 0 Å². The highest BCUT2D eigenvalue weighted by Crippen LogP contribution is 2.46. The van der Waals surface area contributed by atoms with Crippen LogP contribution in [0.15, 0.2) is 267 Å². The van der Waals surface area contributed by atoms with Crippen molar-refractivity contribution in [3.63, 3.8) is 0 Å². The lowest BCUT2D eigenvalue weighted by Gasteiger charge is -2.30. The van der Waals surface area contributed by atoms with Gasteiger partial charge in [0.05, 0.1) is 22.4 Å². The number of hydrogen-bond acceptors (Lipinski definition) is 1. The summed E-state index contributed by atoms with van der Waals surface area (Å²) in [4.78, 5) is 2.43. The van der Waals surface area contributed by atoms with Gasteiger partial charge in [0.2, 0.25) is 0 Å². The molecule has 12 aromatic rings. The first-order valence-electron chi connectivity index (χ1n) is 22.7. The predicted molar refractivity (Wildman–Crippen MR) is 280 cm³/mol. The number of hydrogen-bond donors (Lipinski definition) is 0. The number of para-hydroxylation sites is 4. The van der Waals surface area contributed by atoms with Crippen LogP contribution in [0.1, 0.15) is 0 Å². The van der Waals surface area contributed by atoms with Crippen molar-refractivity contribution >= 4 is 49.6 Å². The Morgan fingerprint density at radius 3 is 1.47 bits per heavy atom. The molecule has 0 aliphatic rings. The molecule has 0 fully saturated rings. The van der Waals surface area contributed by atoms with Crippen molar-refractivity contribution in [2.45, 2.75) is 0 Å². The van der Waals surface area contributed by atoms with Crippen LogP contribution in [-0.2, 0) is 0 Å². The van der Waals surface area contributed by atoms with Crippen LogP contribution < -0.4 is 4.90 Å². The topological polar surface area (TPSA) is 8.17 Å². The molecule has 11 aromatic carbocycles. The van der Waals surface area contributed by atoms with Gasteiger partial charge in [-0.05, 0) is 128 Å². The lowest BCUT2D eigenvalue weighted by molar-refractivity contribution is 1.18. The molecule has 1 aromatic heterocycles. The third-order valence-electron chi connectivity index (χ3n) is 12.9. The van der Waals surface area contributed by atoms with E-state index in [-0.39, 0.29) is 0 Å². The van der Waals surface area contributed by atoms with Crippen molar-refractivity contribution in [3.05, 3.63) is 267 Å². The third kappa shape index (κ3) is 7.12. The highest BCUT2D eigenvalue weighted by Gasteiger charge is 2.22. The molecule has 12 rings (SSSR count). The molecule has 0 amide bonds. The van der Waals surface area contributed by atoms with Crippen molar-refractivity contribution in [1.29, 1.82) is 0 Å². The quantitative estimate of drug-likeness (QED) is 0.141. The average Bonchev–Trinajstić information content (AvgIpc) is 3.73. The second-order valence-corrected chi connectivity index (χ2v) is 16.9. The maximum Gasteiger partial charge on any atom is 0.0541 e. The summed E-state index contributed by atoms with van der Waals surface area (Å²) in [7, 11) is 0. The van der Waals surface area contributed by atoms with Crippen LogP contribution >= 0.6 is 0 Å². The first kappa shape index (κ1) is 38.9. The molecule has 0 atom stereocenters. The molecule has 0 aliphatic heterocycles. The molecule has 0 unspecified atom stereocenters. The summed E-state index contributed by atoms with van der Waals surface area (Å²) in [6, 6.07) is 97.0. The van der Waals surface area contributed by atoms with Crippen molar-refractivity contribution in [2.75, 3.05) is 4.90 Å². The molecule has 0 bridgehead atoms. The molecule has 0 radical (unpaired) electrons. The van der Waals surface area contributed by atoms with Gasteiger partial charge in [-0.3, -0.25) is 0 Å². The van der Waals surface area contributed by atoms with Crippen LogP contribution in [0.5, 0.6) is 0 Å². The summed E-state index contributed by atoms with van der Waals surface area (Å²) < 4.78 is 2.45. The largest absolute Gasteiger partial charge is 0.309 e. The Hall–Kier alpha value is -8.72. The molecular formula is C64H44N2. The highest BCUT2D eigenvalue weighted by atomic mass is 15.1. The van der Waals surface area contributed by atoms with E-state index in [0.29, 0.717) is 0 Å². The van der Waals surface area contributed by atoms with Crippen LogP contribution in [0, 0.1) is 0 Å². The molecule has 66 heavy (non-hydrogen) atoms. The predicted octanol–water partition coefficient (Wildman–Crippen LogP) is 17.7.